The molecule has 0 spiro atoms. The molecule has 1 aliphatic rings. The van der Waals surface area contributed by atoms with Crippen molar-refractivity contribution in [2.24, 2.45) is 0 Å². The van der Waals surface area contributed by atoms with Crippen LogP contribution in [0.4, 0.5) is 57.0 Å². The van der Waals surface area contributed by atoms with Gasteiger partial charge in [-0.3, -0.25) is 5.32 Å². The molecule has 0 aliphatic heterocycles. The third-order valence-electron chi connectivity index (χ3n) is 4.48. The number of benzene rings is 2. The van der Waals surface area contributed by atoms with Crippen LogP contribution >= 0.6 is 0 Å². The molecular weight excluding hydrogens is 454 g/mol. The molecule has 1 saturated carbocycles. The van der Waals surface area contributed by atoms with Gasteiger partial charge in [-0.15, -0.1) is 0 Å². The average Bonchev–Trinajstić information content (AvgIpc) is 3.47. The number of carbonyl (C=O) groups excluding carboxylic acids is 1. The normalized spacial score (nSPS) is 14.2. The summed E-state index contributed by atoms with van der Waals surface area (Å²) < 4.78 is 112. The maximum Gasteiger partial charge on any atom is 0.418 e. The van der Waals surface area contributed by atoms with Gasteiger partial charge in [0, 0.05) is 12.1 Å². The highest BCUT2D eigenvalue weighted by atomic mass is 19.4. The molecule has 1 fully saturated rings. The highest BCUT2D eigenvalue weighted by Gasteiger charge is 2.37. The summed E-state index contributed by atoms with van der Waals surface area (Å²) in [6.07, 6.45) is -10.2. The van der Waals surface area contributed by atoms with Gasteiger partial charge in [0.15, 0.2) is 5.82 Å². The molecule has 1 amide bonds. The van der Waals surface area contributed by atoms with Gasteiger partial charge in [-0.2, -0.15) is 26.3 Å². The quantitative estimate of drug-likeness (QED) is 0.376. The standard InChI is InChI=1S/C19H15F8N3O2/c20-12-5-9(18(22,23)24)2-1-8(12)7-29-16-11(19(25,26)27)6-13(15(28)14(16)21)30-17(31)32-10-3-4-10/h1-2,5-6,10,29H,3-4,7,28H2,(H,30,31). The van der Waals surface area contributed by atoms with E-state index in [1.54, 1.807) is 0 Å². The van der Waals surface area contributed by atoms with Gasteiger partial charge < -0.3 is 15.8 Å². The molecule has 4 N–H and O–H groups in total. The second-order valence-corrected chi connectivity index (χ2v) is 6.96. The first kappa shape index (κ1) is 23.4. The molecule has 0 aromatic heterocycles. The van der Waals surface area contributed by atoms with Gasteiger partial charge in [-0.1, -0.05) is 6.07 Å². The van der Waals surface area contributed by atoms with Crippen molar-refractivity contribution in [2.45, 2.75) is 37.8 Å². The van der Waals surface area contributed by atoms with Crippen molar-refractivity contribution >= 4 is 23.2 Å². The SMILES string of the molecule is Nc1c(NC(=O)OC2CC2)cc(C(F)(F)F)c(NCc2ccc(C(F)(F)F)cc2F)c1F. The van der Waals surface area contributed by atoms with Crippen LogP contribution in [-0.2, 0) is 23.6 Å². The Morgan fingerprint density at radius 2 is 1.72 bits per heavy atom. The van der Waals surface area contributed by atoms with Gasteiger partial charge in [0.1, 0.15) is 11.9 Å². The minimum absolute atomic E-state index is 0.172. The molecule has 174 valence electrons. The fourth-order valence-electron chi connectivity index (χ4n) is 2.69. The number of anilines is 3. The molecule has 0 heterocycles. The first-order valence-corrected chi connectivity index (χ1v) is 9.03. The topological polar surface area (TPSA) is 76.4 Å². The summed E-state index contributed by atoms with van der Waals surface area (Å²) in [4.78, 5) is 11.7. The summed E-state index contributed by atoms with van der Waals surface area (Å²) in [6, 6.07) is 1.79. The van der Waals surface area contributed by atoms with Crippen molar-refractivity contribution in [3.63, 3.8) is 0 Å². The molecule has 0 atom stereocenters. The lowest BCUT2D eigenvalue weighted by Crippen LogP contribution is -2.19. The van der Waals surface area contributed by atoms with Crippen molar-refractivity contribution in [1.29, 1.82) is 0 Å². The van der Waals surface area contributed by atoms with Crippen LogP contribution in [0.25, 0.3) is 0 Å². The average molecular weight is 469 g/mol. The number of halogens is 8. The van der Waals surface area contributed by atoms with E-state index < -0.39 is 70.4 Å². The summed E-state index contributed by atoms with van der Waals surface area (Å²) in [5.41, 5.74) is -0.495. The van der Waals surface area contributed by atoms with Crippen molar-refractivity contribution in [1.82, 2.24) is 0 Å². The Balaban J connectivity index is 1.88. The third-order valence-corrected chi connectivity index (χ3v) is 4.48. The van der Waals surface area contributed by atoms with Crippen molar-refractivity contribution in [2.75, 3.05) is 16.4 Å². The number of amides is 1. The molecule has 13 heteroatoms. The highest BCUT2D eigenvalue weighted by Crippen LogP contribution is 2.42. The summed E-state index contributed by atoms with van der Waals surface area (Å²) >= 11 is 0. The lowest BCUT2D eigenvalue weighted by molar-refractivity contribution is -0.138. The summed E-state index contributed by atoms with van der Waals surface area (Å²) in [5, 5.41) is 3.97. The fourth-order valence-corrected chi connectivity index (χ4v) is 2.69. The van der Waals surface area contributed by atoms with E-state index in [0.29, 0.717) is 31.0 Å². The number of ether oxygens (including phenoxy) is 1. The zero-order chi connectivity index (χ0) is 23.8. The van der Waals surface area contributed by atoms with E-state index in [0.717, 1.165) is 0 Å². The van der Waals surface area contributed by atoms with Crippen LogP contribution in [0.5, 0.6) is 0 Å². The molecule has 2 aromatic rings. The monoisotopic (exact) mass is 469 g/mol. The van der Waals surface area contributed by atoms with Crippen LogP contribution in [0, 0.1) is 11.6 Å². The molecule has 0 radical (unpaired) electrons. The second-order valence-electron chi connectivity index (χ2n) is 6.96. The predicted octanol–water partition coefficient (Wildman–Crippen LogP) is 5.91. The van der Waals surface area contributed by atoms with Gasteiger partial charge in [-0.05, 0) is 31.0 Å². The zero-order valence-corrected chi connectivity index (χ0v) is 15.9. The van der Waals surface area contributed by atoms with Crippen LogP contribution in [0.1, 0.15) is 29.5 Å². The summed E-state index contributed by atoms with van der Waals surface area (Å²) in [6.45, 7) is -0.778. The molecule has 0 unspecified atom stereocenters. The lowest BCUT2D eigenvalue weighted by Gasteiger charge is -2.19. The van der Waals surface area contributed by atoms with E-state index in [9.17, 15) is 39.9 Å². The highest BCUT2D eigenvalue weighted by molar-refractivity contribution is 5.91. The molecule has 32 heavy (non-hydrogen) atoms. The Kier molecular flexibility index (Phi) is 6.11. The summed E-state index contributed by atoms with van der Waals surface area (Å²) in [5.74, 6) is -2.94. The lowest BCUT2D eigenvalue weighted by atomic mass is 10.1. The van der Waals surface area contributed by atoms with Gasteiger partial charge in [0.25, 0.3) is 0 Å². The van der Waals surface area contributed by atoms with Gasteiger partial charge in [0.2, 0.25) is 0 Å². The largest absolute Gasteiger partial charge is 0.446 e. The van der Waals surface area contributed by atoms with E-state index >= 15 is 0 Å². The molecule has 0 bridgehead atoms. The van der Waals surface area contributed by atoms with Gasteiger partial charge in [0.05, 0.1) is 28.2 Å². The van der Waals surface area contributed by atoms with E-state index in [1.807, 2.05) is 10.6 Å². The molecule has 1 aliphatic carbocycles. The Morgan fingerprint density at radius 3 is 2.25 bits per heavy atom. The third kappa shape index (κ3) is 5.32. The van der Waals surface area contributed by atoms with Crippen LogP contribution < -0.4 is 16.4 Å². The van der Waals surface area contributed by atoms with E-state index in [1.165, 1.54) is 0 Å². The van der Waals surface area contributed by atoms with Gasteiger partial charge >= 0.3 is 18.4 Å². The molecule has 2 aromatic carbocycles. The van der Waals surface area contributed by atoms with Crippen LogP contribution in [0.2, 0.25) is 0 Å². The van der Waals surface area contributed by atoms with Crippen molar-refractivity contribution in [3.05, 3.63) is 52.6 Å². The number of hydrogen-bond donors (Lipinski definition) is 3. The molecule has 0 saturated heterocycles. The predicted molar refractivity (Wildman–Crippen MR) is 97.7 cm³/mol. The first-order valence-electron chi connectivity index (χ1n) is 9.03. The maximum atomic E-state index is 14.7. The van der Waals surface area contributed by atoms with Crippen molar-refractivity contribution < 1.29 is 44.7 Å². The van der Waals surface area contributed by atoms with Crippen molar-refractivity contribution in [3.8, 4) is 0 Å². The Morgan fingerprint density at radius 1 is 1.06 bits per heavy atom. The number of nitrogens with one attached hydrogen (secondary N) is 2. The van der Waals surface area contributed by atoms with Crippen LogP contribution in [-0.4, -0.2) is 12.2 Å². The number of carbonyl (C=O) groups is 1. The van der Waals surface area contributed by atoms with Gasteiger partial charge in [-0.25, -0.2) is 13.6 Å². The van der Waals surface area contributed by atoms with E-state index in [-0.39, 0.29) is 12.2 Å². The molecular formula is C19H15F8N3O2. The molecule has 5 nitrogen and oxygen atoms in total. The number of rotatable bonds is 5. The number of hydrogen-bond acceptors (Lipinski definition) is 4. The number of nitrogen functional groups attached to an aromatic ring is 1. The Bertz CT molecular complexity index is 1030. The Labute approximate surface area is 175 Å². The summed E-state index contributed by atoms with van der Waals surface area (Å²) in [7, 11) is 0. The smallest absolute Gasteiger partial charge is 0.418 e. The minimum Gasteiger partial charge on any atom is -0.446 e. The second kappa shape index (κ2) is 8.36. The Hall–Kier alpha value is -3.25. The van der Waals surface area contributed by atoms with Crippen LogP contribution in [0.3, 0.4) is 0 Å². The number of alkyl halides is 6. The van der Waals surface area contributed by atoms with E-state index in [4.69, 9.17) is 10.5 Å². The number of nitrogens with two attached hydrogens (primary N) is 1. The minimum atomic E-state index is -5.12. The zero-order valence-electron chi connectivity index (χ0n) is 15.9. The maximum absolute atomic E-state index is 14.7. The van der Waals surface area contributed by atoms with E-state index in [2.05, 4.69) is 0 Å². The fraction of sp³-hybridized carbons (Fsp3) is 0.316. The first-order chi connectivity index (χ1) is 14.8. The molecule has 3 rings (SSSR count). The van der Waals surface area contributed by atoms with Crippen LogP contribution in [0.15, 0.2) is 24.3 Å².